The molecular weight excluding hydrogens is 446 g/mol. The van der Waals surface area contributed by atoms with Crippen LogP contribution in [0, 0.1) is 6.92 Å². The number of hydrogen-bond donors (Lipinski definition) is 2. The van der Waals surface area contributed by atoms with Crippen LogP contribution in [0.2, 0.25) is 0 Å². The van der Waals surface area contributed by atoms with Gasteiger partial charge >= 0.3 is 0 Å². The second-order valence-electron chi connectivity index (χ2n) is 7.52. The molecule has 2 N–H and O–H groups in total. The lowest BCUT2D eigenvalue weighted by atomic mass is 10.0. The van der Waals surface area contributed by atoms with Gasteiger partial charge in [-0.1, -0.05) is 48.5 Å². The number of fused-ring (bicyclic) bond motifs is 1. The largest absolute Gasteiger partial charge is 0.281 e. The molecule has 0 aliphatic carbocycles. The normalized spacial score (nSPS) is 10.7. The van der Waals surface area contributed by atoms with Crippen LogP contribution in [0.3, 0.4) is 0 Å². The zero-order valence-electron chi connectivity index (χ0n) is 18.1. The monoisotopic (exact) mass is 465 g/mol. The number of carbonyl (C=O) groups is 2. The lowest BCUT2D eigenvalue weighted by molar-refractivity contribution is 0.0849. The molecule has 0 fully saturated rings. The minimum absolute atomic E-state index is 0.406. The number of carbonyl (C=O) groups excluding carboxylic acids is 2. The highest BCUT2D eigenvalue weighted by atomic mass is 32.1. The third kappa shape index (κ3) is 4.26. The van der Waals surface area contributed by atoms with E-state index in [9.17, 15) is 9.59 Å². The van der Waals surface area contributed by atoms with E-state index in [1.807, 2.05) is 66.7 Å². The van der Waals surface area contributed by atoms with Crippen LogP contribution < -0.4 is 10.9 Å². The Bertz CT molecular complexity index is 1500. The van der Waals surface area contributed by atoms with E-state index in [1.165, 1.54) is 11.3 Å². The van der Waals surface area contributed by atoms with E-state index >= 15 is 0 Å². The first-order chi connectivity index (χ1) is 16.6. The van der Waals surface area contributed by atoms with E-state index in [-0.39, 0.29) is 0 Å². The van der Waals surface area contributed by atoms with Crippen LogP contribution in [-0.4, -0.2) is 26.8 Å². The molecule has 7 nitrogen and oxygen atoms in total. The van der Waals surface area contributed by atoms with Crippen LogP contribution in [-0.2, 0) is 0 Å². The van der Waals surface area contributed by atoms with Crippen LogP contribution >= 0.6 is 11.3 Å². The lowest BCUT2D eigenvalue weighted by Crippen LogP contribution is -2.41. The molecule has 3 heterocycles. The molecule has 0 aliphatic rings. The molecule has 0 saturated heterocycles. The van der Waals surface area contributed by atoms with Crippen LogP contribution in [0.1, 0.15) is 25.7 Å². The van der Waals surface area contributed by atoms with Gasteiger partial charge in [0, 0.05) is 28.9 Å². The summed E-state index contributed by atoms with van der Waals surface area (Å²) >= 11 is 1.28. The highest BCUT2D eigenvalue weighted by Crippen LogP contribution is 2.28. The number of nitrogens with zero attached hydrogens (tertiary/aromatic N) is 3. The number of amides is 2. The summed E-state index contributed by atoms with van der Waals surface area (Å²) < 4.78 is 0. The number of benzene rings is 2. The third-order valence-electron chi connectivity index (χ3n) is 5.25. The summed E-state index contributed by atoms with van der Waals surface area (Å²) in [6.45, 7) is 1.77. The summed E-state index contributed by atoms with van der Waals surface area (Å²) in [5, 5.41) is 1.43. The summed E-state index contributed by atoms with van der Waals surface area (Å²) in [6, 6.07) is 22.4. The smallest absolute Gasteiger partial charge is 0.267 e. The van der Waals surface area contributed by atoms with Gasteiger partial charge in [-0.2, -0.15) is 0 Å². The van der Waals surface area contributed by atoms with Gasteiger partial charge in [-0.05, 0) is 31.2 Å². The molecule has 0 radical (unpaired) electrons. The molecule has 0 unspecified atom stereocenters. The Morgan fingerprint density at radius 1 is 0.794 bits per heavy atom. The van der Waals surface area contributed by atoms with Crippen molar-refractivity contribution in [3.63, 3.8) is 0 Å². The first kappa shape index (κ1) is 21.4. The van der Waals surface area contributed by atoms with Crippen LogP contribution in [0.5, 0.6) is 0 Å². The molecule has 0 saturated carbocycles. The highest BCUT2D eigenvalue weighted by Gasteiger charge is 2.19. The minimum atomic E-state index is -0.437. The van der Waals surface area contributed by atoms with Gasteiger partial charge in [-0.25, -0.2) is 9.97 Å². The molecule has 0 bridgehead atoms. The fourth-order valence-electron chi connectivity index (χ4n) is 3.58. The van der Waals surface area contributed by atoms with E-state index < -0.39 is 11.8 Å². The third-order valence-corrected chi connectivity index (χ3v) is 6.46. The van der Waals surface area contributed by atoms with Crippen LogP contribution in [0.25, 0.3) is 32.7 Å². The van der Waals surface area contributed by atoms with Gasteiger partial charge in [-0.3, -0.25) is 25.4 Å². The number of thiazole rings is 1. The standard InChI is InChI=1S/C26H19N5O2S/c1-16-23(34-26(28-16)18-7-3-2-4-8-18)25(33)31-30-24(32)20-15-22(17-11-13-27-14-12-17)29-21-10-6-5-9-19(20)21/h2-15H,1H3,(H,30,32)(H,31,33). The topological polar surface area (TPSA) is 96.9 Å². The van der Waals surface area contributed by atoms with E-state index in [2.05, 4.69) is 25.8 Å². The summed E-state index contributed by atoms with van der Waals surface area (Å²) in [5.41, 5.74) is 9.18. The molecule has 3 aromatic heterocycles. The number of aryl methyl sites for hydroxylation is 1. The van der Waals surface area contributed by atoms with Crippen molar-refractivity contribution in [3.8, 4) is 21.8 Å². The van der Waals surface area contributed by atoms with Gasteiger partial charge in [0.25, 0.3) is 11.8 Å². The average molecular weight is 466 g/mol. The van der Waals surface area contributed by atoms with Crippen molar-refractivity contribution in [2.24, 2.45) is 0 Å². The Kier molecular flexibility index (Phi) is 5.80. The first-order valence-electron chi connectivity index (χ1n) is 10.5. The quantitative estimate of drug-likeness (QED) is 0.372. The molecule has 5 aromatic rings. The van der Waals surface area contributed by atoms with Crippen molar-refractivity contribution in [2.75, 3.05) is 0 Å². The number of aromatic nitrogens is 3. The zero-order valence-corrected chi connectivity index (χ0v) is 19.0. The van der Waals surface area contributed by atoms with Gasteiger partial charge in [0.2, 0.25) is 0 Å². The highest BCUT2D eigenvalue weighted by molar-refractivity contribution is 7.17. The van der Waals surface area contributed by atoms with Crippen molar-refractivity contribution in [1.82, 2.24) is 25.8 Å². The Morgan fingerprint density at radius 2 is 1.50 bits per heavy atom. The lowest BCUT2D eigenvalue weighted by Gasteiger charge is -2.11. The van der Waals surface area contributed by atoms with Crippen molar-refractivity contribution in [2.45, 2.75) is 6.92 Å². The van der Waals surface area contributed by atoms with Gasteiger partial charge in [-0.15, -0.1) is 11.3 Å². The SMILES string of the molecule is Cc1nc(-c2ccccc2)sc1C(=O)NNC(=O)c1cc(-c2ccncc2)nc2ccccc12. The second-order valence-corrected chi connectivity index (χ2v) is 8.51. The molecule has 0 spiro atoms. The van der Waals surface area contributed by atoms with E-state index in [1.54, 1.807) is 25.4 Å². The molecular formula is C26H19N5O2S. The van der Waals surface area contributed by atoms with Crippen molar-refractivity contribution >= 4 is 34.1 Å². The molecule has 5 rings (SSSR count). The zero-order chi connectivity index (χ0) is 23.5. The number of para-hydroxylation sites is 1. The van der Waals surface area contributed by atoms with Crippen molar-refractivity contribution < 1.29 is 9.59 Å². The fraction of sp³-hybridized carbons (Fsp3) is 0.0385. The van der Waals surface area contributed by atoms with Crippen LogP contribution in [0.15, 0.2) is 85.2 Å². The summed E-state index contributed by atoms with van der Waals surface area (Å²) in [7, 11) is 0. The summed E-state index contributed by atoms with van der Waals surface area (Å²) in [6.07, 6.45) is 3.35. The van der Waals surface area contributed by atoms with Crippen molar-refractivity contribution in [3.05, 3.63) is 101 Å². The van der Waals surface area contributed by atoms with Gasteiger partial charge < -0.3 is 0 Å². The maximum absolute atomic E-state index is 13.1. The minimum Gasteiger partial charge on any atom is -0.267 e. The molecule has 8 heteroatoms. The molecule has 2 aromatic carbocycles. The Hall–Kier alpha value is -4.43. The predicted octanol–water partition coefficient (Wildman–Crippen LogP) is 4.80. The molecule has 2 amide bonds. The molecule has 0 atom stereocenters. The van der Waals surface area contributed by atoms with E-state index in [4.69, 9.17) is 0 Å². The Labute approximate surface area is 199 Å². The Balaban J connectivity index is 1.39. The van der Waals surface area contributed by atoms with Gasteiger partial charge in [0.1, 0.15) is 9.88 Å². The van der Waals surface area contributed by atoms with Crippen LogP contribution in [0.4, 0.5) is 0 Å². The van der Waals surface area contributed by atoms with E-state index in [0.717, 1.165) is 16.1 Å². The summed E-state index contributed by atoms with van der Waals surface area (Å²) in [5.74, 6) is -0.856. The number of hydrogen-bond acceptors (Lipinski definition) is 6. The van der Waals surface area contributed by atoms with Gasteiger partial charge in [0.05, 0.1) is 22.5 Å². The first-order valence-corrected chi connectivity index (χ1v) is 11.4. The number of nitrogens with one attached hydrogen (secondary N) is 2. The molecule has 0 aliphatic heterocycles. The molecule has 166 valence electrons. The number of pyridine rings is 2. The van der Waals surface area contributed by atoms with Crippen molar-refractivity contribution in [1.29, 1.82) is 0 Å². The maximum Gasteiger partial charge on any atom is 0.281 e. The predicted molar refractivity (Wildman–Crippen MR) is 132 cm³/mol. The summed E-state index contributed by atoms with van der Waals surface area (Å²) in [4.78, 5) is 39.6. The Morgan fingerprint density at radius 3 is 2.29 bits per heavy atom. The number of rotatable bonds is 4. The van der Waals surface area contributed by atoms with E-state index in [0.29, 0.717) is 32.7 Å². The fourth-order valence-corrected chi connectivity index (χ4v) is 4.55. The maximum atomic E-state index is 13.1. The second kappa shape index (κ2) is 9.21. The van der Waals surface area contributed by atoms with Gasteiger partial charge in [0.15, 0.2) is 0 Å². The number of hydrazine groups is 1. The average Bonchev–Trinajstić information content (AvgIpc) is 3.29. The molecule has 34 heavy (non-hydrogen) atoms.